The van der Waals surface area contributed by atoms with Crippen molar-refractivity contribution in [3.8, 4) is 39.0 Å². The van der Waals surface area contributed by atoms with Crippen LogP contribution in [0.2, 0.25) is 0 Å². The third kappa shape index (κ3) is 18.4. The van der Waals surface area contributed by atoms with Crippen LogP contribution in [0, 0.1) is 0 Å². The van der Waals surface area contributed by atoms with Crippen LogP contribution in [0.4, 0.5) is 55.4 Å². The predicted octanol–water partition coefficient (Wildman–Crippen LogP) is 9.78. The van der Waals surface area contributed by atoms with Crippen molar-refractivity contribution in [2.45, 2.75) is 24.2 Å². The largest absolute Gasteiger partial charge is 0.480 e. The Labute approximate surface area is 454 Å². The van der Waals surface area contributed by atoms with Gasteiger partial charge in [-0.2, -0.15) is 36.3 Å². The Balaban J connectivity index is 0.000000172. The molecule has 0 fully saturated rings. The van der Waals surface area contributed by atoms with Gasteiger partial charge in [0.15, 0.2) is 17.5 Å². The number of thiophene rings is 2. The summed E-state index contributed by atoms with van der Waals surface area (Å²) < 4.78 is 98.5. The Morgan fingerprint density at radius 1 is 0.571 bits per heavy atom. The molecule has 10 rings (SSSR count). The number of halogens is 8. The summed E-state index contributed by atoms with van der Waals surface area (Å²) in [6, 6.07) is 17.2. The number of nitrogens with zero attached hydrogens (tertiary/aromatic N) is 17. The van der Waals surface area contributed by atoms with Crippen LogP contribution in [0.1, 0.15) is 21.5 Å². The minimum atomic E-state index is -4.69. The molecule has 0 atom stereocenters. The van der Waals surface area contributed by atoms with E-state index in [-0.39, 0.29) is 11.6 Å². The van der Waals surface area contributed by atoms with E-state index in [2.05, 4.69) is 127 Å². The smallest absolute Gasteiger partial charge is 0.471 e. The molecule has 3 N–H and O–H groups in total. The number of hydrogen-bond donors (Lipinski definition) is 2. The van der Waals surface area contributed by atoms with Gasteiger partial charge >= 0.3 is 24.1 Å². The summed E-state index contributed by atoms with van der Waals surface area (Å²) in [5, 5.41) is 33.5. The molecule has 0 saturated heterocycles. The molecule has 0 saturated carbocycles. The summed E-state index contributed by atoms with van der Waals surface area (Å²) in [5.74, 6) is 1.16. The second-order valence-corrected chi connectivity index (χ2v) is 17.5. The van der Waals surface area contributed by atoms with Gasteiger partial charge in [-0.3, -0.25) is 15.0 Å². The van der Waals surface area contributed by atoms with E-state index in [1.807, 2.05) is 0 Å². The summed E-state index contributed by atoms with van der Waals surface area (Å²) >= 11 is 8.92. The van der Waals surface area contributed by atoms with E-state index in [4.69, 9.17) is 19.9 Å². The van der Waals surface area contributed by atoms with Gasteiger partial charge in [0.25, 0.3) is 0 Å². The fourth-order valence-electron chi connectivity index (χ4n) is 5.18. The summed E-state index contributed by atoms with van der Waals surface area (Å²) in [5.41, 5.74) is 5.18. The lowest BCUT2D eigenvalue weighted by atomic mass is 10.3. The summed E-state index contributed by atoms with van der Waals surface area (Å²) in [6.45, 7) is 0.314. The number of anilines is 5. The van der Waals surface area contributed by atoms with Crippen LogP contribution < -0.4 is 30.2 Å². The molecule has 0 aromatic carbocycles. The first kappa shape index (κ1) is 57.8. The number of methoxy groups -OCH3 is 3. The van der Waals surface area contributed by atoms with Crippen molar-refractivity contribution in [3.05, 3.63) is 143 Å². The Morgan fingerprint density at radius 2 is 1.10 bits per heavy atom. The molecule has 10 aromatic heterocycles. The van der Waals surface area contributed by atoms with Crippen molar-refractivity contribution < 1.29 is 49.6 Å². The summed E-state index contributed by atoms with van der Waals surface area (Å²) in [4.78, 5) is 34.9. The first-order valence-corrected chi connectivity index (χ1v) is 24.5. The van der Waals surface area contributed by atoms with Crippen molar-refractivity contribution in [3.63, 3.8) is 0 Å². The van der Waals surface area contributed by atoms with Gasteiger partial charge in [-0.15, -0.1) is 53.3 Å². The second kappa shape index (κ2) is 28.4. The van der Waals surface area contributed by atoms with Crippen molar-refractivity contribution in [2.24, 2.45) is 0 Å². The Kier molecular flexibility index (Phi) is 21.3. The molecular weight excluding hydrogens is 1200 g/mol. The van der Waals surface area contributed by atoms with E-state index in [0.717, 1.165) is 9.75 Å². The lowest BCUT2D eigenvalue weighted by molar-refractivity contribution is -0.160. The van der Waals surface area contributed by atoms with Crippen LogP contribution in [0.25, 0.3) is 21.4 Å². The van der Waals surface area contributed by atoms with Gasteiger partial charge in [-0.1, -0.05) is 26.2 Å². The Hall–Kier alpha value is -8.50. The average molecular weight is 1240 g/mol. The summed E-state index contributed by atoms with van der Waals surface area (Å²) in [7, 11) is 4.58. The van der Waals surface area contributed by atoms with Crippen LogP contribution in [0.5, 0.6) is 17.6 Å². The number of nitrogen functional groups attached to an aromatic ring is 1. The maximum atomic E-state index is 12.7. The van der Waals surface area contributed by atoms with E-state index < -0.39 is 24.1 Å². The van der Waals surface area contributed by atoms with E-state index in [1.54, 1.807) is 123 Å². The van der Waals surface area contributed by atoms with Crippen LogP contribution in [-0.4, -0.2) is 102 Å². The van der Waals surface area contributed by atoms with E-state index in [0.29, 0.717) is 73.0 Å². The van der Waals surface area contributed by atoms with Crippen LogP contribution in [-0.2, 0) is 24.2 Å². The molecule has 0 bridgehead atoms. The SMILES string of the molecule is COc1ccc(Br)nn1.COc1ccc(N(Cc2ccc(-c3noc(C(F)(F)F)n3)s2)c2cnccn2)nn1.COc1ccc(Nc2cnccn2)nn1.FC(F)(F)c1nc(-c2ccc(CBr)s2)no1.Nc1cnccn1. The van der Waals surface area contributed by atoms with Gasteiger partial charge in [-0.25, -0.2) is 15.0 Å². The molecule has 10 heterocycles. The third-order valence-corrected chi connectivity index (χ3v) is 12.1. The fraction of sp³-hybridized carbons (Fsp3) is 0.163. The number of aromatic nitrogens is 16. The maximum Gasteiger partial charge on any atom is 0.471 e. The molecule has 24 nitrogen and oxygen atoms in total. The highest BCUT2D eigenvalue weighted by Gasteiger charge is 2.39. The first-order valence-electron chi connectivity index (χ1n) is 21.0. The number of alkyl halides is 7. The minimum absolute atomic E-state index is 0.0375. The predicted molar refractivity (Wildman–Crippen MR) is 271 cm³/mol. The number of nitrogens with one attached hydrogen (secondary N) is 1. The van der Waals surface area contributed by atoms with Gasteiger partial charge in [0, 0.05) is 70.5 Å². The Bertz CT molecular complexity index is 3280. The van der Waals surface area contributed by atoms with Crippen molar-refractivity contribution in [1.82, 2.24) is 80.8 Å². The molecule has 77 heavy (non-hydrogen) atoms. The van der Waals surface area contributed by atoms with E-state index in [1.165, 1.54) is 42.2 Å². The molecule has 0 radical (unpaired) electrons. The molecule has 34 heteroatoms. The maximum absolute atomic E-state index is 12.7. The zero-order valence-corrected chi connectivity index (χ0v) is 44.3. The molecule has 0 aliphatic carbocycles. The van der Waals surface area contributed by atoms with Gasteiger partial charge < -0.3 is 39.2 Å². The molecule has 0 aliphatic rings. The normalized spacial score (nSPS) is 10.7. The second-order valence-electron chi connectivity index (χ2n) is 13.8. The topological polar surface area (TPSA) is 301 Å². The van der Waals surface area contributed by atoms with Gasteiger partial charge in [0.2, 0.25) is 29.3 Å². The number of rotatable bonds is 12. The Morgan fingerprint density at radius 3 is 1.52 bits per heavy atom. The molecule has 0 amide bonds. The molecule has 0 aliphatic heterocycles. The molecule has 0 unspecified atom stereocenters. The average Bonchev–Trinajstić information content (AvgIpc) is 4.31. The van der Waals surface area contributed by atoms with Gasteiger partial charge in [-0.05, 0) is 58.4 Å². The van der Waals surface area contributed by atoms with Gasteiger partial charge in [0.05, 0.1) is 56.2 Å². The third-order valence-electron chi connectivity index (χ3n) is 8.55. The standard InChI is InChI=1S/C17H12F3N7O2S.C9H9N5O.C8H4BrF3N2OS.C5H5BrN2O.C4H5N3/c1-28-14-5-4-12(24-25-14)27(13-8-21-6-7-22-13)9-10-2-3-11(30-10)15-23-16(29-26-15)17(18,19)20;1-15-9-3-2-7(13-14-9)12-8-6-10-4-5-11-8;9-3-4-1-2-5(16-4)6-13-7(15-14-6)8(10,11)12;1-9-5-3-2-4(6)7-8-5;5-4-3-6-1-2-7-4/h2-8H,9H2,1H3;2-6H,1H3,(H,11,12,13);1-2H,3H2;2-3H,1H3;1-3H,(H2,5,7). The van der Waals surface area contributed by atoms with E-state index in [9.17, 15) is 26.3 Å². The highest BCUT2D eigenvalue weighted by atomic mass is 79.9. The molecular formula is C43H35Br2F6N19O5S2. The van der Waals surface area contributed by atoms with Crippen molar-refractivity contribution in [1.29, 1.82) is 0 Å². The highest BCUT2D eigenvalue weighted by molar-refractivity contribution is 9.10. The van der Waals surface area contributed by atoms with Gasteiger partial charge in [0.1, 0.15) is 16.2 Å². The first-order chi connectivity index (χ1) is 37.0. The lowest BCUT2D eigenvalue weighted by Crippen LogP contribution is -2.18. The van der Waals surface area contributed by atoms with E-state index >= 15 is 0 Å². The van der Waals surface area contributed by atoms with Crippen LogP contribution in [0.15, 0.2) is 130 Å². The summed E-state index contributed by atoms with van der Waals surface area (Å²) in [6.07, 6.45) is 4.79. The molecule has 10 aromatic rings. The highest BCUT2D eigenvalue weighted by Crippen LogP contribution is 2.35. The van der Waals surface area contributed by atoms with Crippen molar-refractivity contribution >= 4 is 83.6 Å². The molecule has 400 valence electrons. The molecule has 0 spiro atoms. The lowest BCUT2D eigenvalue weighted by Gasteiger charge is -2.21. The monoisotopic (exact) mass is 1230 g/mol. The van der Waals surface area contributed by atoms with Crippen molar-refractivity contribution in [2.75, 3.05) is 37.3 Å². The van der Waals surface area contributed by atoms with Crippen LogP contribution >= 0.6 is 54.5 Å². The van der Waals surface area contributed by atoms with Crippen LogP contribution in [0.3, 0.4) is 0 Å². The minimum Gasteiger partial charge on any atom is -0.480 e. The zero-order chi connectivity index (χ0) is 55.2. The number of nitrogens with two attached hydrogens (primary N) is 1. The number of ether oxygens (including phenoxy) is 3. The quantitative estimate of drug-likeness (QED) is 0.0849. The zero-order valence-electron chi connectivity index (χ0n) is 39.4. The number of hydrogen-bond acceptors (Lipinski definition) is 26. The fourth-order valence-corrected chi connectivity index (χ4v) is 7.62.